The summed E-state index contributed by atoms with van der Waals surface area (Å²) in [5.74, 6) is 1.92. The maximum atomic E-state index is 5.42. The van der Waals surface area contributed by atoms with Crippen LogP contribution in [0, 0.1) is 0 Å². The van der Waals surface area contributed by atoms with Gasteiger partial charge in [0.1, 0.15) is 5.75 Å². The highest BCUT2D eigenvalue weighted by Crippen LogP contribution is 2.42. The minimum absolute atomic E-state index is 0. The van der Waals surface area contributed by atoms with E-state index >= 15 is 0 Å². The number of aliphatic imine (C=N–C) groups is 1. The Morgan fingerprint density at radius 1 is 1.29 bits per heavy atom. The molecule has 0 atom stereocenters. The van der Waals surface area contributed by atoms with Crippen molar-refractivity contribution in [3.8, 4) is 5.75 Å². The number of hydrogen-bond donors (Lipinski definition) is 2. The predicted octanol–water partition coefficient (Wildman–Crippen LogP) is 3.84. The summed E-state index contributed by atoms with van der Waals surface area (Å²) < 4.78 is 5.42. The quantitative estimate of drug-likeness (QED) is 0.399. The summed E-state index contributed by atoms with van der Waals surface area (Å²) >= 11 is 0. The summed E-state index contributed by atoms with van der Waals surface area (Å²) in [6.45, 7) is 3.88. The van der Waals surface area contributed by atoms with E-state index in [9.17, 15) is 0 Å². The summed E-state index contributed by atoms with van der Waals surface area (Å²) in [5.41, 5.74) is 1.54. The van der Waals surface area contributed by atoms with Crippen molar-refractivity contribution in [2.45, 2.75) is 56.9 Å². The average molecular weight is 443 g/mol. The number of ether oxygens (including phenoxy) is 1. The molecule has 4 nitrogen and oxygen atoms in total. The van der Waals surface area contributed by atoms with Crippen LogP contribution in [-0.2, 0) is 5.41 Å². The molecule has 0 radical (unpaired) electrons. The second kappa shape index (κ2) is 8.92. The highest BCUT2D eigenvalue weighted by Gasteiger charge is 2.36. The molecule has 2 N–H and O–H groups in total. The fourth-order valence-corrected chi connectivity index (χ4v) is 3.51. The first kappa shape index (κ1) is 19.3. The maximum absolute atomic E-state index is 5.42. The lowest BCUT2D eigenvalue weighted by atomic mass is 9.79. The van der Waals surface area contributed by atoms with Gasteiger partial charge in [0.05, 0.1) is 13.7 Å². The molecule has 2 aliphatic carbocycles. The normalized spacial score (nSPS) is 19.5. The number of nitrogens with one attached hydrogen (secondary N) is 2. The van der Waals surface area contributed by atoms with Crippen LogP contribution in [0.1, 0.15) is 51.0 Å². The molecule has 0 heterocycles. The van der Waals surface area contributed by atoms with Crippen LogP contribution >= 0.6 is 24.0 Å². The first-order chi connectivity index (χ1) is 11.3. The number of nitrogens with zero attached hydrogens (tertiary/aromatic N) is 1. The Bertz CT molecular complexity index is 551. The number of rotatable bonds is 6. The van der Waals surface area contributed by atoms with Crippen molar-refractivity contribution in [2.75, 3.05) is 20.2 Å². The molecule has 0 unspecified atom stereocenters. The average Bonchev–Trinajstić information content (AvgIpc) is 3.27. The molecule has 3 rings (SSSR count). The molecule has 0 spiro atoms. The molecular weight excluding hydrogens is 413 g/mol. The summed E-state index contributed by atoms with van der Waals surface area (Å²) in [5, 5.41) is 6.90. The molecular formula is C19H30IN3O. The molecule has 1 aromatic rings. The third-order valence-electron chi connectivity index (χ3n) is 5.05. The van der Waals surface area contributed by atoms with E-state index in [0.717, 1.165) is 24.8 Å². The minimum Gasteiger partial charge on any atom is -0.497 e. The van der Waals surface area contributed by atoms with Gasteiger partial charge in [-0.15, -0.1) is 24.0 Å². The van der Waals surface area contributed by atoms with E-state index in [2.05, 4.69) is 35.8 Å². The Morgan fingerprint density at radius 3 is 2.67 bits per heavy atom. The van der Waals surface area contributed by atoms with Crippen LogP contribution in [0.5, 0.6) is 5.75 Å². The Kier molecular flexibility index (Phi) is 7.19. The summed E-state index contributed by atoms with van der Waals surface area (Å²) in [6, 6.07) is 9.19. The maximum Gasteiger partial charge on any atom is 0.191 e. The molecule has 0 amide bonds. The molecule has 2 saturated carbocycles. The van der Waals surface area contributed by atoms with E-state index < -0.39 is 0 Å². The third-order valence-corrected chi connectivity index (χ3v) is 5.05. The second-order valence-electron chi connectivity index (χ2n) is 6.83. The Labute approximate surface area is 162 Å². The van der Waals surface area contributed by atoms with Crippen LogP contribution in [0.25, 0.3) is 0 Å². The molecule has 2 aliphatic rings. The predicted molar refractivity (Wildman–Crippen MR) is 111 cm³/mol. The Hall–Kier alpha value is -0.980. The van der Waals surface area contributed by atoms with Gasteiger partial charge in [0.25, 0.3) is 0 Å². The highest BCUT2D eigenvalue weighted by atomic mass is 127. The molecule has 0 saturated heterocycles. The number of halogens is 1. The van der Waals surface area contributed by atoms with Gasteiger partial charge in [0.15, 0.2) is 5.96 Å². The van der Waals surface area contributed by atoms with Crippen molar-refractivity contribution in [1.82, 2.24) is 10.6 Å². The first-order valence-corrected chi connectivity index (χ1v) is 8.95. The highest BCUT2D eigenvalue weighted by molar-refractivity contribution is 14.0. The number of hydrogen-bond acceptors (Lipinski definition) is 2. The van der Waals surface area contributed by atoms with Gasteiger partial charge in [0, 0.05) is 18.0 Å². The van der Waals surface area contributed by atoms with Crippen molar-refractivity contribution in [3.05, 3.63) is 29.8 Å². The van der Waals surface area contributed by atoms with E-state index in [4.69, 9.17) is 9.73 Å². The topological polar surface area (TPSA) is 45.7 Å². The molecule has 5 heteroatoms. The molecule has 0 aromatic heterocycles. The van der Waals surface area contributed by atoms with E-state index in [0.29, 0.717) is 6.04 Å². The Morgan fingerprint density at radius 2 is 2.04 bits per heavy atom. The largest absolute Gasteiger partial charge is 0.497 e. The lowest BCUT2D eigenvalue weighted by Crippen LogP contribution is -2.40. The van der Waals surface area contributed by atoms with Crippen LogP contribution < -0.4 is 15.4 Å². The van der Waals surface area contributed by atoms with Crippen LogP contribution in [0.4, 0.5) is 0 Å². The van der Waals surface area contributed by atoms with Crippen molar-refractivity contribution >= 4 is 29.9 Å². The zero-order valence-corrected chi connectivity index (χ0v) is 17.1. The van der Waals surface area contributed by atoms with Gasteiger partial charge < -0.3 is 15.4 Å². The van der Waals surface area contributed by atoms with Gasteiger partial charge >= 0.3 is 0 Å². The van der Waals surface area contributed by atoms with Gasteiger partial charge in [-0.25, -0.2) is 0 Å². The van der Waals surface area contributed by atoms with Gasteiger partial charge in [-0.05, 0) is 50.3 Å². The lowest BCUT2D eigenvalue weighted by Gasteiger charge is -2.28. The van der Waals surface area contributed by atoms with Crippen molar-refractivity contribution in [1.29, 1.82) is 0 Å². The molecule has 2 fully saturated rings. The van der Waals surface area contributed by atoms with Crippen LogP contribution in [0.3, 0.4) is 0 Å². The number of methoxy groups -OCH3 is 1. The third kappa shape index (κ3) is 4.77. The fraction of sp³-hybridized carbons (Fsp3) is 0.632. The van der Waals surface area contributed by atoms with Crippen LogP contribution in [0.2, 0.25) is 0 Å². The molecule has 134 valence electrons. The minimum atomic E-state index is 0. The van der Waals surface area contributed by atoms with E-state index in [1.54, 1.807) is 7.11 Å². The summed E-state index contributed by atoms with van der Waals surface area (Å²) in [7, 11) is 1.74. The number of benzene rings is 1. The van der Waals surface area contributed by atoms with Crippen LogP contribution in [0.15, 0.2) is 29.3 Å². The lowest BCUT2D eigenvalue weighted by molar-refractivity contribution is 0.407. The SMILES string of the molecule is CCNC(=NCC1(c2cccc(OC)c2)CCCC1)NC1CC1.I. The van der Waals surface area contributed by atoms with Crippen molar-refractivity contribution in [2.24, 2.45) is 4.99 Å². The van der Waals surface area contributed by atoms with Crippen molar-refractivity contribution < 1.29 is 4.74 Å². The van der Waals surface area contributed by atoms with Gasteiger partial charge in [-0.3, -0.25) is 4.99 Å². The molecule has 24 heavy (non-hydrogen) atoms. The summed E-state index contributed by atoms with van der Waals surface area (Å²) in [4.78, 5) is 4.93. The summed E-state index contributed by atoms with van der Waals surface area (Å²) in [6.07, 6.45) is 7.55. The van der Waals surface area contributed by atoms with Gasteiger partial charge in [0.2, 0.25) is 0 Å². The van der Waals surface area contributed by atoms with E-state index in [1.165, 1.54) is 44.1 Å². The number of guanidine groups is 1. The second-order valence-corrected chi connectivity index (χ2v) is 6.83. The molecule has 0 bridgehead atoms. The molecule has 0 aliphatic heterocycles. The molecule has 1 aromatic carbocycles. The van der Waals surface area contributed by atoms with Gasteiger partial charge in [-0.2, -0.15) is 0 Å². The standard InChI is InChI=1S/C19H29N3O.HI/c1-3-20-18(22-16-9-10-16)21-14-19(11-4-5-12-19)15-7-6-8-17(13-15)23-2;/h6-8,13,16H,3-5,9-12,14H2,1-2H3,(H2,20,21,22);1H. The van der Waals surface area contributed by atoms with E-state index in [-0.39, 0.29) is 29.4 Å². The fourth-order valence-electron chi connectivity index (χ4n) is 3.51. The van der Waals surface area contributed by atoms with Crippen LogP contribution in [-0.4, -0.2) is 32.2 Å². The first-order valence-electron chi connectivity index (χ1n) is 8.95. The smallest absolute Gasteiger partial charge is 0.191 e. The zero-order valence-electron chi connectivity index (χ0n) is 14.8. The monoisotopic (exact) mass is 443 g/mol. The van der Waals surface area contributed by atoms with Crippen molar-refractivity contribution in [3.63, 3.8) is 0 Å². The van der Waals surface area contributed by atoms with Gasteiger partial charge in [-0.1, -0.05) is 25.0 Å². The zero-order chi connectivity index (χ0) is 16.1. The van der Waals surface area contributed by atoms with E-state index in [1.807, 2.05) is 6.07 Å². The Balaban J connectivity index is 0.00000208.